The van der Waals surface area contributed by atoms with Gasteiger partial charge in [0.1, 0.15) is 17.5 Å². The zero-order valence-electron chi connectivity index (χ0n) is 23.5. The maximum atomic E-state index is 14.0. The number of halogens is 5. The summed E-state index contributed by atoms with van der Waals surface area (Å²) < 4.78 is 64.8. The van der Waals surface area contributed by atoms with E-state index in [0.717, 1.165) is 11.8 Å². The average molecular weight is 586 g/mol. The predicted molar refractivity (Wildman–Crippen MR) is 137 cm³/mol. The van der Waals surface area contributed by atoms with Gasteiger partial charge in [-0.05, 0) is 30.4 Å². The molecular weight excluding hydrogens is 553 g/mol. The van der Waals surface area contributed by atoms with Crippen LogP contribution in [0, 0.1) is 12.0 Å². The van der Waals surface area contributed by atoms with Crippen molar-refractivity contribution in [2.75, 3.05) is 25.5 Å². The van der Waals surface area contributed by atoms with Crippen molar-refractivity contribution < 1.29 is 41.1 Å². The lowest BCUT2D eigenvalue weighted by molar-refractivity contribution is -0.270. The van der Waals surface area contributed by atoms with Crippen LogP contribution < -0.4 is 10.2 Å². The topological polar surface area (TPSA) is 94.4 Å². The third-order valence-corrected chi connectivity index (χ3v) is 7.52. The molecule has 14 heteroatoms. The summed E-state index contributed by atoms with van der Waals surface area (Å²) in [6.07, 6.45) is -7.19. The van der Waals surface area contributed by atoms with E-state index in [2.05, 4.69) is 4.85 Å². The number of nitrogens with zero attached hydrogens (tertiary/aromatic N) is 4. The number of para-hydroxylation sites is 1. The van der Waals surface area contributed by atoms with Crippen molar-refractivity contribution in [2.45, 2.75) is 76.3 Å². The van der Waals surface area contributed by atoms with Crippen LogP contribution in [-0.4, -0.2) is 84.4 Å². The maximum absolute atomic E-state index is 14.0. The summed E-state index contributed by atoms with van der Waals surface area (Å²) in [5.74, 6) is -10.5. The molecule has 0 radical (unpaired) electrons. The molecule has 1 saturated heterocycles. The number of alkyl halides is 5. The van der Waals surface area contributed by atoms with Crippen molar-refractivity contribution in [3.8, 4) is 0 Å². The third-order valence-electron chi connectivity index (χ3n) is 7.52. The van der Waals surface area contributed by atoms with Crippen LogP contribution in [0.2, 0.25) is 0 Å². The Morgan fingerprint density at radius 2 is 1.76 bits per heavy atom. The highest BCUT2D eigenvalue weighted by Crippen LogP contribution is 2.49. The van der Waals surface area contributed by atoms with Crippen LogP contribution in [0.3, 0.4) is 0 Å². The summed E-state index contributed by atoms with van der Waals surface area (Å²) >= 11 is 0. The van der Waals surface area contributed by atoms with Crippen LogP contribution in [-0.2, 0) is 24.6 Å². The van der Waals surface area contributed by atoms with Gasteiger partial charge < -0.3 is 15.1 Å². The van der Waals surface area contributed by atoms with Crippen molar-refractivity contribution in [2.24, 2.45) is 5.41 Å². The van der Waals surface area contributed by atoms with Crippen LogP contribution >= 0.6 is 0 Å². The minimum Gasteiger partial charge on any atom is -0.339 e. The molecule has 1 fully saturated rings. The fourth-order valence-electron chi connectivity index (χ4n) is 5.39. The number of anilines is 1. The molecule has 1 N–H and O–H groups in total. The Hall–Kier alpha value is -3.76. The lowest BCUT2D eigenvalue weighted by Gasteiger charge is -2.36. The van der Waals surface area contributed by atoms with Crippen LogP contribution in [0.25, 0.3) is 4.85 Å². The Morgan fingerprint density at radius 3 is 2.29 bits per heavy atom. The second kappa shape index (κ2) is 10.6. The van der Waals surface area contributed by atoms with Gasteiger partial charge in [-0.25, -0.2) is 6.57 Å². The van der Waals surface area contributed by atoms with Crippen LogP contribution in [0.5, 0.6) is 0 Å². The van der Waals surface area contributed by atoms with Gasteiger partial charge in [0, 0.05) is 26.3 Å². The van der Waals surface area contributed by atoms with E-state index >= 15 is 0 Å². The van der Waals surface area contributed by atoms with E-state index in [-0.39, 0.29) is 25.3 Å². The molecule has 2 aliphatic rings. The Kier molecular flexibility index (Phi) is 8.19. The molecule has 1 aromatic carbocycles. The predicted octanol–water partition coefficient (Wildman–Crippen LogP) is 3.34. The third kappa shape index (κ3) is 5.58. The summed E-state index contributed by atoms with van der Waals surface area (Å²) in [4.78, 5) is 59.4. The molecular formula is C27H32F5N5O4. The van der Waals surface area contributed by atoms with E-state index in [0.29, 0.717) is 11.3 Å². The summed E-state index contributed by atoms with van der Waals surface area (Å²) in [6, 6.07) is 3.90. The first-order chi connectivity index (χ1) is 18.7. The minimum absolute atomic E-state index is 0.0152. The van der Waals surface area contributed by atoms with Gasteiger partial charge >= 0.3 is 24.2 Å². The van der Waals surface area contributed by atoms with Gasteiger partial charge in [-0.1, -0.05) is 39.0 Å². The molecule has 224 valence electrons. The highest BCUT2D eigenvalue weighted by molar-refractivity contribution is 6.09. The number of amides is 4. The normalized spacial score (nSPS) is 22.3. The van der Waals surface area contributed by atoms with Crippen molar-refractivity contribution in [1.29, 1.82) is 0 Å². The number of carbonyl (C=O) groups is 4. The number of hydrogen-bond donors (Lipinski definition) is 1. The van der Waals surface area contributed by atoms with E-state index < -0.39 is 58.9 Å². The number of likely N-dealkylation sites (N-methyl/N-ethyl adjacent to an activating group) is 2. The molecule has 4 amide bonds. The molecule has 4 atom stereocenters. The van der Waals surface area contributed by atoms with Crippen LogP contribution in [0.1, 0.15) is 46.1 Å². The second-order valence-corrected chi connectivity index (χ2v) is 11.7. The molecule has 0 aromatic heterocycles. The number of likely N-dealkylation sites (tertiary alicyclic amines) is 1. The first-order valence-corrected chi connectivity index (χ1v) is 12.8. The molecule has 2 aliphatic heterocycles. The van der Waals surface area contributed by atoms with Gasteiger partial charge in [0.25, 0.3) is 5.91 Å². The maximum Gasteiger partial charge on any atom is 0.463 e. The Labute approximate surface area is 234 Å². The first kappa shape index (κ1) is 31.8. The molecule has 1 spiro atoms. The summed E-state index contributed by atoms with van der Waals surface area (Å²) in [5, 5.41) is 1.39. The van der Waals surface area contributed by atoms with Gasteiger partial charge in [-0.3, -0.25) is 28.9 Å². The Balaban J connectivity index is 1.92. The molecule has 3 rings (SSSR count). The fourth-order valence-corrected chi connectivity index (χ4v) is 5.39. The number of fused-ring (bicyclic) bond motifs is 2. The number of benzene rings is 1. The molecule has 41 heavy (non-hydrogen) atoms. The molecule has 1 aromatic rings. The van der Waals surface area contributed by atoms with E-state index in [9.17, 15) is 41.1 Å². The molecule has 0 aliphatic carbocycles. The lowest BCUT2D eigenvalue weighted by Crippen LogP contribution is -2.58. The monoisotopic (exact) mass is 585 g/mol. The highest BCUT2D eigenvalue weighted by Gasteiger charge is 2.64. The number of hydrogen-bond acceptors (Lipinski definition) is 4. The average Bonchev–Trinajstić information content (AvgIpc) is 3.37. The molecule has 0 bridgehead atoms. The fraction of sp³-hybridized carbons (Fsp3) is 0.593. The number of nitrogens with one attached hydrogen (secondary N) is 1. The van der Waals surface area contributed by atoms with Gasteiger partial charge in [-0.15, -0.1) is 0 Å². The van der Waals surface area contributed by atoms with E-state index in [4.69, 9.17) is 6.57 Å². The largest absolute Gasteiger partial charge is 0.463 e. The minimum atomic E-state index is -6.17. The first-order valence-electron chi connectivity index (χ1n) is 12.8. The van der Waals surface area contributed by atoms with Crippen molar-refractivity contribution in [3.63, 3.8) is 0 Å². The van der Waals surface area contributed by atoms with Crippen LogP contribution in [0.4, 0.5) is 27.6 Å². The van der Waals surface area contributed by atoms with Gasteiger partial charge in [-0.2, -0.15) is 22.0 Å². The van der Waals surface area contributed by atoms with Crippen molar-refractivity contribution in [3.05, 3.63) is 41.2 Å². The zero-order chi connectivity index (χ0) is 31.3. The molecule has 0 unspecified atom stereocenters. The second-order valence-electron chi connectivity index (χ2n) is 11.7. The Bertz CT molecular complexity index is 1290. The smallest absolute Gasteiger partial charge is 0.339 e. The van der Waals surface area contributed by atoms with Crippen LogP contribution in [0.15, 0.2) is 24.3 Å². The van der Waals surface area contributed by atoms with E-state index in [1.807, 2.05) is 0 Å². The van der Waals surface area contributed by atoms with E-state index in [1.165, 1.54) is 22.2 Å². The SMILES string of the molecule is [C-]#[N+][C@@H]1C[C@@]2(CN1C(=O)[C@H](CC(C)(C)C)N(C)C(=O)[C@H](C)NC(=O)C(F)(F)C(F)(F)F)C(=O)N(C)c1ccccc12. The van der Waals surface area contributed by atoms with Gasteiger partial charge in [0.15, 0.2) is 0 Å². The Morgan fingerprint density at radius 1 is 1.17 bits per heavy atom. The molecule has 0 saturated carbocycles. The number of rotatable bonds is 6. The number of carbonyl (C=O) groups excluding carboxylic acids is 4. The summed E-state index contributed by atoms with van der Waals surface area (Å²) in [6.45, 7) is 13.8. The zero-order valence-corrected chi connectivity index (χ0v) is 23.5. The highest BCUT2D eigenvalue weighted by atomic mass is 19.4. The van der Waals surface area contributed by atoms with Gasteiger partial charge in [0.2, 0.25) is 11.8 Å². The van der Waals surface area contributed by atoms with Crippen molar-refractivity contribution >= 4 is 29.3 Å². The molecule has 9 nitrogen and oxygen atoms in total. The summed E-state index contributed by atoms with van der Waals surface area (Å²) in [5.41, 5.74) is -0.467. The van der Waals surface area contributed by atoms with E-state index in [1.54, 1.807) is 52.1 Å². The quantitative estimate of drug-likeness (QED) is 0.410. The van der Waals surface area contributed by atoms with Crippen molar-refractivity contribution in [1.82, 2.24) is 15.1 Å². The standard InChI is InChI=1S/C27H32F5N5O4/c1-15(34-22(40)26(28,29)27(30,31)32)20(38)35(6)18(12-24(2,3)4)21(39)37-14-25(13-19(37)33-5)16-10-8-9-11-17(16)36(7)23(25)41/h8-11,15,18-19H,12-14H2,1-4,6-7H3,(H,34,40)/t15-,18-,19-,25-/m0/s1. The lowest BCUT2D eigenvalue weighted by atomic mass is 9.80. The molecule has 2 heterocycles. The van der Waals surface area contributed by atoms with Gasteiger partial charge in [0.05, 0.1) is 6.42 Å². The summed E-state index contributed by atoms with van der Waals surface area (Å²) in [7, 11) is 2.77.